The van der Waals surface area contributed by atoms with Gasteiger partial charge in [-0.25, -0.2) is 0 Å². The lowest BCUT2D eigenvalue weighted by molar-refractivity contribution is -0.158. The van der Waals surface area contributed by atoms with Crippen molar-refractivity contribution in [3.05, 3.63) is 35.9 Å². The van der Waals surface area contributed by atoms with Gasteiger partial charge in [-0.3, -0.25) is 28.8 Å². The van der Waals surface area contributed by atoms with Gasteiger partial charge in [0.15, 0.2) is 0 Å². The second-order valence-corrected chi connectivity index (χ2v) is 16.3. The molecule has 0 spiro atoms. The van der Waals surface area contributed by atoms with E-state index in [9.17, 15) is 28.8 Å². The van der Waals surface area contributed by atoms with Gasteiger partial charge in [0.05, 0.1) is 0 Å². The molecule has 6 amide bonds. The first-order valence-electron chi connectivity index (χ1n) is 19.6. The van der Waals surface area contributed by atoms with Gasteiger partial charge in [0, 0.05) is 68.1 Å². The Morgan fingerprint density at radius 1 is 0.545 bits per heavy atom. The molecule has 1 aromatic carbocycles. The van der Waals surface area contributed by atoms with Crippen LogP contribution >= 0.6 is 0 Å². The Kier molecular flexibility index (Phi) is 19.6. The summed E-state index contributed by atoms with van der Waals surface area (Å²) in [5.74, 6) is -0.670. The highest BCUT2D eigenvalue weighted by Gasteiger charge is 2.43. The van der Waals surface area contributed by atoms with Crippen molar-refractivity contribution in [2.75, 3.05) is 49.3 Å². The molecule has 0 aliphatic heterocycles. The SMILES string of the molecule is C#CCCCC[C@@H](C)C(=O)N(C)[C@H](C(=O)N(C)[C@H](C(=O)N(C)[C@H](C(=O)N(C)[C@@H](C)C(=O)N(C)[C@@H](Cc1ccccc1)C(=O)N(C)C)C(C)C)C(C)C)C(C)C. The van der Waals surface area contributed by atoms with Crippen LogP contribution in [0.2, 0.25) is 0 Å². The third kappa shape index (κ3) is 12.8. The van der Waals surface area contributed by atoms with E-state index in [1.807, 2.05) is 78.8 Å². The van der Waals surface area contributed by atoms with Crippen LogP contribution in [0.1, 0.15) is 86.6 Å². The molecule has 0 heterocycles. The predicted molar refractivity (Wildman–Crippen MR) is 218 cm³/mol. The van der Waals surface area contributed by atoms with Gasteiger partial charge in [-0.1, -0.05) is 85.2 Å². The number of unbranched alkanes of at least 4 members (excludes halogenated alkanes) is 2. The summed E-state index contributed by atoms with van der Waals surface area (Å²) in [6.07, 6.45) is 8.61. The molecule has 0 saturated carbocycles. The molecule has 0 bridgehead atoms. The highest BCUT2D eigenvalue weighted by Crippen LogP contribution is 2.24. The average Bonchev–Trinajstić information content (AvgIpc) is 3.13. The Hall–Kier alpha value is -4.40. The monoisotopic (exact) mass is 767 g/mol. The van der Waals surface area contributed by atoms with Gasteiger partial charge in [0.25, 0.3) is 0 Å². The molecule has 55 heavy (non-hydrogen) atoms. The van der Waals surface area contributed by atoms with E-state index in [-0.39, 0.29) is 41.4 Å². The fourth-order valence-corrected chi connectivity index (χ4v) is 7.21. The highest BCUT2D eigenvalue weighted by atomic mass is 16.2. The number of benzene rings is 1. The molecule has 0 aliphatic carbocycles. The zero-order valence-corrected chi connectivity index (χ0v) is 36.3. The summed E-state index contributed by atoms with van der Waals surface area (Å²) in [6, 6.07) is 4.95. The fourth-order valence-electron chi connectivity index (χ4n) is 7.21. The van der Waals surface area contributed by atoms with Crippen molar-refractivity contribution >= 4 is 35.4 Å². The van der Waals surface area contributed by atoms with Crippen LogP contribution in [0.4, 0.5) is 0 Å². The van der Waals surface area contributed by atoms with E-state index in [0.29, 0.717) is 19.3 Å². The first kappa shape index (κ1) is 48.6. The van der Waals surface area contributed by atoms with Gasteiger partial charge in [-0.05, 0) is 43.1 Å². The summed E-state index contributed by atoms with van der Waals surface area (Å²) in [6.45, 7) is 14.6. The van der Waals surface area contributed by atoms with E-state index in [1.165, 1.54) is 36.4 Å². The topological polar surface area (TPSA) is 122 Å². The van der Waals surface area contributed by atoms with E-state index in [1.54, 1.807) is 49.2 Å². The molecule has 0 saturated heterocycles. The molecule has 0 N–H and O–H groups in total. The number of hydrogen-bond acceptors (Lipinski definition) is 6. The largest absolute Gasteiger partial charge is 0.347 e. The third-order valence-corrected chi connectivity index (χ3v) is 10.7. The number of likely N-dealkylation sites (N-methyl/N-ethyl adjacent to an activating group) is 6. The molecule has 0 aliphatic rings. The molecule has 0 fully saturated rings. The van der Waals surface area contributed by atoms with Crippen LogP contribution < -0.4 is 0 Å². The maximum atomic E-state index is 14.4. The Labute approximate surface area is 331 Å². The van der Waals surface area contributed by atoms with Crippen molar-refractivity contribution in [3.63, 3.8) is 0 Å². The molecule has 0 unspecified atom stereocenters. The van der Waals surface area contributed by atoms with Gasteiger partial charge < -0.3 is 29.4 Å². The molecule has 308 valence electrons. The van der Waals surface area contributed by atoms with E-state index in [2.05, 4.69) is 5.92 Å². The van der Waals surface area contributed by atoms with Gasteiger partial charge in [0.1, 0.15) is 30.2 Å². The summed E-state index contributed by atoms with van der Waals surface area (Å²) in [5.41, 5.74) is 0.891. The number of nitrogens with zero attached hydrogens (tertiary/aromatic N) is 6. The zero-order valence-electron chi connectivity index (χ0n) is 36.3. The van der Waals surface area contributed by atoms with Gasteiger partial charge in [0.2, 0.25) is 35.4 Å². The number of carbonyl (C=O) groups is 6. The first-order valence-corrected chi connectivity index (χ1v) is 19.6. The van der Waals surface area contributed by atoms with Crippen LogP contribution in [0.3, 0.4) is 0 Å². The summed E-state index contributed by atoms with van der Waals surface area (Å²) >= 11 is 0. The first-order chi connectivity index (χ1) is 25.5. The van der Waals surface area contributed by atoms with Crippen molar-refractivity contribution < 1.29 is 28.8 Å². The van der Waals surface area contributed by atoms with Gasteiger partial charge in [-0.15, -0.1) is 12.3 Å². The van der Waals surface area contributed by atoms with Gasteiger partial charge >= 0.3 is 0 Å². The van der Waals surface area contributed by atoms with Gasteiger partial charge in [-0.2, -0.15) is 0 Å². The van der Waals surface area contributed by atoms with Crippen molar-refractivity contribution in [1.29, 1.82) is 0 Å². The number of hydrogen-bond donors (Lipinski definition) is 0. The normalized spacial score (nSPS) is 14.6. The molecular formula is C43H70N6O6. The Balaban J connectivity index is 3.35. The van der Waals surface area contributed by atoms with E-state index in [4.69, 9.17) is 6.42 Å². The molecule has 12 heteroatoms. The second-order valence-electron chi connectivity index (χ2n) is 16.3. The van der Waals surface area contributed by atoms with Crippen LogP contribution in [-0.4, -0.2) is 144 Å². The molecular weight excluding hydrogens is 697 g/mol. The number of terminal acetylenes is 1. The molecule has 12 nitrogen and oxygen atoms in total. The maximum Gasteiger partial charge on any atom is 0.246 e. The Morgan fingerprint density at radius 3 is 1.36 bits per heavy atom. The van der Waals surface area contributed by atoms with E-state index in [0.717, 1.165) is 18.4 Å². The zero-order chi connectivity index (χ0) is 42.5. The van der Waals surface area contributed by atoms with Crippen molar-refractivity contribution in [3.8, 4) is 12.3 Å². The summed E-state index contributed by atoms with van der Waals surface area (Å²) in [5, 5.41) is 0. The Bertz CT molecular complexity index is 1490. The minimum atomic E-state index is -0.966. The highest BCUT2D eigenvalue weighted by molar-refractivity contribution is 5.96. The summed E-state index contributed by atoms with van der Waals surface area (Å²) in [7, 11) is 11.1. The molecule has 1 aromatic rings. The smallest absolute Gasteiger partial charge is 0.246 e. The maximum absolute atomic E-state index is 14.4. The van der Waals surface area contributed by atoms with Crippen LogP contribution in [0.15, 0.2) is 30.3 Å². The van der Waals surface area contributed by atoms with Crippen LogP contribution in [0.5, 0.6) is 0 Å². The lowest BCUT2D eigenvalue weighted by atomic mass is 9.94. The lowest BCUT2D eigenvalue weighted by Crippen LogP contribution is -2.62. The number of rotatable bonds is 20. The number of carbonyl (C=O) groups excluding carboxylic acids is 6. The summed E-state index contributed by atoms with van der Waals surface area (Å²) in [4.78, 5) is 92.2. The average molecular weight is 767 g/mol. The molecule has 1 rings (SSSR count). The van der Waals surface area contributed by atoms with Crippen molar-refractivity contribution in [2.45, 2.75) is 118 Å². The van der Waals surface area contributed by atoms with Crippen LogP contribution in [0.25, 0.3) is 0 Å². The van der Waals surface area contributed by atoms with Crippen LogP contribution in [0, 0.1) is 36.0 Å². The molecule has 0 radical (unpaired) electrons. The van der Waals surface area contributed by atoms with E-state index < -0.39 is 47.9 Å². The fraction of sp³-hybridized carbons (Fsp3) is 0.674. The molecule has 0 aromatic heterocycles. The number of amides is 6. The minimum Gasteiger partial charge on any atom is -0.347 e. The third-order valence-electron chi connectivity index (χ3n) is 10.7. The Morgan fingerprint density at radius 2 is 0.964 bits per heavy atom. The summed E-state index contributed by atoms with van der Waals surface area (Å²) < 4.78 is 0. The quantitative estimate of drug-likeness (QED) is 0.145. The predicted octanol–water partition coefficient (Wildman–Crippen LogP) is 4.27. The standard InChI is InChI=1S/C43H70N6O6/c1-17-18-19-21-24-31(8)38(50)47(14)36(29(4)5)42(54)49(16)37(30(6)7)43(55)48(15)35(28(2)3)41(53)45(12)32(9)39(51)46(13)34(40(52)44(10)11)27-33-25-22-20-23-26-33/h1,20,22-23,25-26,28-32,34-37H,18-19,21,24,27H2,2-16H3/t31-,32+,34+,35+,36+,37+/m1/s1. The lowest BCUT2D eigenvalue weighted by Gasteiger charge is -2.42. The van der Waals surface area contributed by atoms with Crippen molar-refractivity contribution in [2.24, 2.45) is 23.7 Å². The van der Waals surface area contributed by atoms with Crippen LogP contribution in [-0.2, 0) is 35.2 Å². The second kappa shape index (κ2) is 22.2. The molecule has 6 atom stereocenters. The minimum absolute atomic E-state index is 0.147. The van der Waals surface area contributed by atoms with E-state index >= 15 is 0 Å². The van der Waals surface area contributed by atoms with Crippen molar-refractivity contribution in [1.82, 2.24) is 29.4 Å².